The zero-order valence-corrected chi connectivity index (χ0v) is 18.8. The van der Waals surface area contributed by atoms with Crippen LogP contribution in [0.2, 0.25) is 0 Å². The van der Waals surface area contributed by atoms with Gasteiger partial charge in [-0.15, -0.1) is 0 Å². The number of rotatable bonds is 10. The molecule has 0 amide bonds. The molecule has 0 saturated heterocycles. The topological polar surface area (TPSA) is 91.1 Å². The van der Waals surface area contributed by atoms with Crippen LogP contribution in [0.15, 0.2) is 57.9 Å². The van der Waals surface area contributed by atoms with Crippen LogP contribution < -0.4 is 9.04 Å². The quantitative estimate of drug-likeness (QED) is 0.346. The number of hydrogen-bond acceptors (Lipinski definition) is 7. The van der Waals surface area contributed by atoms with E-state index in [0.29, 0.717) is 29.2 Å². The molecular formula is C22H26N2O6S. The van der Waals surface area contributed by atoms with Crippen molar-refractivity contribution in [2.45, 2.75) is 18.7 Å². The van der Waals surface area contributed by atoms with Crippen molar-refractivity contribution in [2.24, 2.45) is 0 Å². The summed E-state index contributed by atoms with van der Waals surface area (Å²) in [6.07, 6.45) is 0. The highest BCUT2D eigenvalue weighted by Crippen LogP contribution is 2.34. The summed E-state index contributed by atoms with van der Waals surface area (Å²) in [5.41, 5.74) is 2.53. The summed E-state index contributed by atoms with van der Waals surface area (Å²) in [4.78, 5) is 0.129. The fourth-order valence-electron chi connectivity index (χ4n) is 2.98. The average Bonchev–Trinajstić information content (AvgIpc) is 3.11. The lowest BCUT2D eigenvalue weighted by molar-refractivity contribution is 0.0744. The Morgan fingerprint density at radius 3 is 2.32 bits per heavy atom. The van der Waals surface area contributed by atoms with E-state index in [4.69, 9.17) is 18.7 Å². The smallest absolute Gasteiger partial charge is 0.269 e. The number of ether oxygens (including phenoxy) is 3. The summed E-state index contributed by atoms with van der Waals surface area (Å²) < 4.78 is 49.8. The van der Waals surface area contributed by atoms with Crippen LogP contribution >= 0.6 is 0 Å². The Morgan fingerprint density at radius 2 is 1.71 bits per heavy atom. The molecule has 0 aliphatic carbocycles. The molecule has 3 rings (SSSR count). The number of sulfonamides is 1. The zero-order valence-electron chi connectivity index (χ0n) is 18.0. The van der Waals surface area contributed by atoms with Gasteiger partial charge in [0, 0.05) is 18.2 Å². The van der Waals surface area contributed by atoms with Gasteiger partial charge in [0.05, 0.1) is 30.9 Å². The first-order chi connectivity index (χ1) is 14.9. The zero-order chi connectivity index (χ0) is 22.4. The van der Waals surface area contributed by atoms with Crippen molar-refractivity contribution in [3.05, 3.63) is 59.8 Å². The molecule has 0 unspecified atom stereocenters. The van der Waals surface area contributed by atoms with Crippen molar-refractivity contribution < 1.29 is 27.2 Å². The standard InChI is InChI=1S/C22H26N2O6S/c1-16-17(2)23-30-22(16)24(15-29-14-13-27-3)31(25,26)21-8-6-5-7-20(21)18-9-11-19(28-4)12-10-18/h5-12H,13-15H2,1-4H3. The van der Waals surface area contributed by atoms with Crippen LogP contribution in [0.3, 0.4) is 0 Å². The molecule has 0 saturated carbocycles. The first-order valence-corrected chi connectivity index (χ1v) is 11.1. The van der Waals surface area contributed by atoms with E-state index in [1.54, 1.807) is 64.5 Å². The van der Waals surface area contributed by atoms with Gasteiger partial charge in [-0.05, 0) is 37.6 Å². The van der Waals surface area contributed by atoms with Gasteiger partial charge in [-0.2, -0.15) is 0 Å². The highest BCUT2D eigenvalue weighted by atomic mass is 32.2. The van der Waals surface area contributed by atoms with Gasteiger partial charge in [0.25, 0.3) is 10.0 Å². The Morgan fingerprint density at radius 1 is 1.00 bits per heavy atom. The Labute approximate surface area is 182 Å². The Bertz CT molecular complexity index is 1110. The Hall–Kier alpha value is -2.88. The Kier molecular flexibility index (Phi) is 7.32. The predicted molar refractivity (Wildman–Crippen MR) is 117 cm³/mol. The van der Waals surface area contributed by atoms with Gasteiger partial charge in [0.2, 0.25) is 5.88 Å². The monoisotopic (exact) mass is 446 g/mol. The van der Waals surface area contributed by atoms with Gasteiger partial charge in [0.15, 0.2) is 0 Å². The number of aryl methyl sites for hydroxylation is 1. The number of aromatic nitrogens is 1. The molecule has 31 heavy (non-hydrogen) atoms. The number of benzene rings is 2. The second-order valence-electron chi connectivity index (χ2n) is 6.81. The molecule has 0 bridgehead atoms. The lowest BCUT2D eigenvalue weighted by Gasteiger charge is -2.23. The fourth-order valence-corrected chi connectivity index (χ4v) is 4.54. The molecule has 2 aromatic carbocycles. The van der Waals surface area contributed by atoms with Gasteiger partial charge < -0.3 is 18.7 Å². The molecule has 1 heterocycles. The normalized spacial score (nSPS) is 11.5. The summed E-state index contributed by atoms with van der Waals surface area (Å²) in [5.74, 6) is 0.810. The van der Waals surface area contributed by atoms with Crippen molar-refractivity contribution >= 4 is 15.9 Å². The molecule has 3 aromatic rings. The van der Waals surface area contributed by atoms with E-state index in [9.17, 15) is 8.42 Å². The second-order valence-corrected chi connectivity index (χ2v) is 8.64. The molecule has 0 spiro atoms. The maximum Gasteiger partial charge on any atom is 0.269 e. The molecule has 1 aromatic heterocycles. The second kappa shape index (κ2) is 9.95. The van der Waals surface area contributed by atoms with E-state index in [1.165, 1.54) is 0 Å². The third-order valence-corrected chi connectivity index (χ3v) is 6.62. The number of nitrogens with zero attached hydrogens (tertiary/aromatic N) is 2. The predicted octanol–water partition coefficient (Wildman–Crippen LogP) is 3.78. The van der Waals surface area contributed by atoms with Crippen LogP contribution in [-0.2, 0) is 19.5 Å². The third-order valence-electron chi connectivity index (χ3n) is 4.86. The lowest BCUT2D eigenvalue weighted by atomic mass is 10.1. The minimum Gasteiger partial charge on any atom is -0.497 e. The molecule has 0 fully saturated rings. The van der Waals surface area contributed by atoms with Crippen molar-refractivity contribution in [2.75, 3.05) is 38.5 Å². The molecule has 166 valence electrons. The first kappa shape index (κ1) is 22.8. The van der Waals surface area contributed by atoms with Crippen LogP contribution in [0.1, 0.15) is 11.3 Å². The van der Waals surface area contributed by atoms with Crippen molar-refractivity contribution in [1.82, 2.24) is 5.16 Å². The number of hydrogen-bond donors (Lipinski definition) is 0. The van der Waals surface area contributed by atoms with Gasteiger partial charge >= 0.3 is 0 Å². The van der Waals surface area contributed by atoms with Crippen LogP contribution in [-0.4, -0.2) is 47.7 Å². The molecule has 0 atom stereocenters. The molecule has 9 heteroatoms. The summed E-state index contributed by atoms with van der Waals surface area (Å²) >= 11 is 0. The van der Waals surface area contributed by atoms with Crippen molar-refractivity contribution in [3.8, 4) is 16.9 Å². The van der Waals surface area contributed by atoms with Gasteiger partial charge in [-0.3, -0.25) is 0 Å². The maximum atomic E-state index is 13.8. The molecule has 0 aliphatic rings. The highest BCUT2D eigenvalue weighted by molar-refractivity contribution is 7.93. The van der Waals surface area contributed by atoms with E-state index in [0.717, 1.165) is 9.87 Å². The largest absolute Gasteiger partial charge is 0.497 e. The fraction of sp³-hybridized carbons (Fsp3) is 0.318. The van der Waals surface area contributed by atoms with Crippen molar-refractivity contribution in [3.63, 3.8) is 0 Å². The van der Waals surface area contributed by atoms with E-state index < -0.39 is 10.0 Å². The Balaban J connectivity index is 2.06. The van der Waals surface area contributed by atoms with E-state index >= 15 is 0 Å². The van der Waals surface area contributed by atoms with Crippen LogP contribution in [0, 0.1) is 13.8 Å². The summed E-state index contributed by atoms with van der Waals surface area (Å²) in [6, 6.07) is 14.0. The SMILES string of the molecule is COCCOCN(c1onc(C)c1C)S(=O)(=O)c1ccccc1-c1ccc(OC)cc1. The molecular weight excluding hydrogens is 420 g/mol. The maximum absolute atomic E-state index is 13.8. The molecule has 0 N–H and O–H groups in total. The van der Waals surface area contributed by atoms with E-state index in [2.05, 4.69) is 5.16 Å². The minimum atomic E-state index is -4.04. The molecule has 8 nitrogen and oxygen atoms in total. The van der Waals surface area contributed by atoms with Crippen LogP contribution in [0.25, 0.3) is 11.1 Å². The van der Waals surface area contributed by atoms with E-state index in [-0.39, 0.29) is 24.1 Å². The first-order valence-electron chi connectivity index (χ1n) is 9.66. The lowest BCUT2D eigenvalue weighted by Crippen LogP contribution is -2.34. The minimum absolute atomic E-state index is 0.124. The number of anilines is 1. The number of methoxy groups -OCH3 is 2. The third kappa shape index (κ3) is 4.90. The van der Waals surface area contributed by atoms with Gasteiger partial charge in [0.1, 0.15) is 12.5 Å². The molecule has 0 radical (unpaired) electrons. The van der Waals surface area contributed by atoms with Gasteiger partial charge in [-0.1, -0.05) is 35.5 Å². The summed E-state index contributed by atoms with van der Waals surface area (Å²) in [7, 11) is -0.914. The van der Waals surface area contributed by atoms with Crippen LogP contribution in [0.4, 0.5) is 5.88 Å². The van der Waals surface area contributed by atoms with Gasteiger partial charge in [-0.25, -0.2) is 12.7 Å². The molecule has 0 aliphatic heterocycles. The highest BCUT2D eigenvalue weighted by Gasteiger charge is 2.32. The summed E-state index contributed by atoms with van der Waals surface area (Å²) in [6.45, 7) is 3.84. The van der Waals surface area contributed by atoms with Crippen LogP contribution in [0.5, 0.6) is 5.75 Å². The van der Waals surface area contributed by atoms with Crippen molar-refractivity contribution in [1.29, 1.82) is 0 Å². The van der Waals surface area contributed by atoms with E-state index in [1.807, 2.05) is 12.1 Å². The average molecular weight is 447 g/mol. The summed E-state index contributed by atoms with van der Waals surface area (Å²) in [5, 5.41) is 3.91.